The second kappa shape index (κ2) is 4.95. The zero-order valence-corrected chi connectivity index (χ0v) is 10.4. The van der Waals surface area contributed by atoms with Crippen molar-refractivity contribution in [3.63, 3.8) is 0 Å². The fraction of sp³-hybridized carbons (Fsp3) is 0.538. The minimum atomic E-state index is -0.882. The lowest BCUT2D eigenvalue weighted by Crippen LogP contribution is -2.30. The Morgan fingerprint density at radius 1 is 1.06 bits per heavy atom. The van der Waals surface area contributed by atoms with Crippen LogP contribution in [0.1, 0.15) is 33.3 Å². The van der Waals surface area contributed by atoms with E-state index in [-0.39, 0.29) is 6.61 Å². The van der Waals surface area contributed by atoms with Gasteiger partial charge >= 0.3 is 0 Å². The molecule has 0 atom stereocenters. The molecule has 0 saturated heterocycles. The van der Waals surface area contributed by atoms with E-state index in [9.17, 15) is 5.11 Å². The fourth-order valence-corrected chi connectivity index (χ4v) is 1.21. The van der Waals surface area contributed by atoms with Crippen molar-refractivity contribution in [2.45, 2.75) is 38.9 Å². The maximum absolute atomic E-state index is 9.48. The van der Waals surface area contributed by atoms with Gasteiger partial charge in [0, 0.05) is 0 Å². The van der Waals surface area contributed by atoms with Gasteiger partial charge in [0.15, 0.2) is 0 Å². The maximum atomic E-state index is 9.48. The van der Waals surface area contributed by atoms with E-state index in [1.165, 1.54) is 0 Å². The summed E-state index contributed by atoms with van der Waals surface area (Å²) in [5.74, 6) is 0. The summed E-state index contributed by atoms with van der Waals surface area (Å²) in [6, 6.07) is 9.82. The van der Waals surface area contributed by atoms with Crippen molar-refractivity contribution >= 4 is 0 Å². The van der Waals surface area contributed by atoms with Crippen LogP contribution in [0.25, 0.3) is 0 Å². The quantitative estimate of drug-likeness (QED) is 0.617. The second-order valence-electron chi connectivity index (χ2n) is 5.03. The first kappa shape index (κ1) is 13.2. The monoisotopic (exact) mass is 224 g/mol. The van der Waals surface area contributed by atoms with Gasteiger partial charge in [-0.15, -0.1) is 0 Å². The van der Waals surface area contributed by atoms with Crippen molar-refractivity contribution in [2.75, 3.05) is 6.61 Å². The van der Waals surface area contributed by atoms with Gasteiger partial charge in [-0.2, -0.15) is 0 Å². The summed E-state index contributed by atoms with van der Waals surface area (Å²) in [5.41, 5.74) is -0.370. The molecule has 0 saturated carbocycles. The van der Waals surface area contributed by atoms with Crippen LogP contribution in [0.2, 0.25) is 0 Å². The minimum Gasteiger partial charge on any atom is -0.388 e. The number of rotatable bonds is 5. The van der Waals surface area contributed by atoms with E-state index in [0.29, 0.717) is 0 Å². The molecule has 1 rings (SSSR count). The summed E-state index contributed by atoms with van der Waals surface area (Å²) < 4.78 is 0. The molecule has 3 heteroatoms. The molecule has 1 N–H and O–H groups in total. The normalized spacial score (nSPS) is 12.8. The van der Waals surface area contributed by atoms with Gasteiger partial charge in [-0.1, -0.05) is 30.3 Å². The lowest BCUT2D eigenvalue weighted by molar-refractivity contribution is -0.371. The van der Waals surface area contributed by atoms with E-state index in [2.05, 4.69) is 0 Å². The van der Waals surface area contributed by atoms with Crippen molar-refractivity contribution in [3.8, 4) is 0 Å². The van der Waals surface area contributed by atoms with E-state index in [0.717, 1.165) is 5.56 Å². The number of hydrogen-bond acceptors (Lipinski definition) is 3. The molecule has 0 aromatic heterocycles. The van der Waals surface area contributed by atoms with Crippen molar-refractivity contribution in [1.29, 1.82) is 0 Å². The Hall–Kier alpha value is -0.900. The highest BCUT2D eigenvalue weighted by Gasteiger charge is 2.24. The van der Waals surface area contributed by atoms with Crippen LogP contribution in [-0.2, 0) is 15.4 Å². The first-order valence-electron chi connectivity index (χ1n) is 5.40. The first-order valence-corrected chi connectivity index (χ1v) is 5.40. The second-order valence-corrected chi connectivity index (χ2v) is 5.03. The molecule has 16 heavy (non-hydrogen) atoms. The van der Waals surface area contributed by atoms with Crippen molar-refractivity contribution in [2.24, 2.45) is 0 Å². The highest BCUT2D eigenvalue weighted by atomic mass is 17.2. The predicted octanol–water partition coefficient (Wildman–Crippen LogP) is 2.64. The van der Waals surface area contributed by atoms with E-state index in [1.54, 1.807) is 13.8 Å². The SMILES string of the molecule is CC(C)(O)COOC(C)(C)c1ccccc1. The predicted molar refractivity (Wildman–Crippen MR) is 62.8 cm³/mol. The van der Waals surface area contributed by atoms with Gasteiger partial charge in [0.2, 0.25) is 0 Å². The van der Waals surface area contributed by atoms with Crippen molar-refractivity contribution < 1.29 is 14.9 Å². The Balaban J connectivity index is 2.53. The third kappa shape index (κ3) is 4.31. The number of hydrogen-bond donors (Lipinski definition) is 1. The highest BCUT2D eigenvalue weighted by Crippen LogP contribution is 2.24. The first-order chi connectivity index (χ1) is 7.31. The average Bonchev–Trinajstić information content (AvgIpc) is 2.17. The van der Waals surface area contributed by atoms with Gasteiger partial charge < -0.3 is 5.11 Å². The van der Waals surface area contributed by atoms with Crippen molar-refractivity contribution in [3.05, 3.63) is 35.9 Å². The molecular formula is C13H20O3. The zero-order chi connectivity index (χ0) is 12.2. The van der Waals surface area contributed by atoms with E-state index < -0.39 is 11.2 Å². The lowest BCUT2D eigenvalue weighted by atomic mass is 9.99. The van der Waals surface area contributed by atoms with Crippen LogP contribution in [0.15, 0.2) is 30.3 Å². The minimum absolute atomic E-state index is 0.142. The standard InChI is InChI=1S/C13H20O3/c1-12(2,14)10-15-16-13(3,4)11-8-6-5-7-9-11/h5-9,14H,10H2,1-4H3. The molecule has 0 aliphatic heterocycles. The molecule has 0 radical (unpaired) electrons. The van der Waals surface area contributed by atoms with Gasteiger partial charge in [0.1, 0.15) is 12.2 Å². The van der Waals surface area contributed by atoms with E-state index in [1.807, 2.05) is 44.2 Å². The molecule has 0 unspecified atom stereocenters. The molecule has 3 nitrogen and oxygen atoms in total. The molecule has 0 heterocycles. The van der Waals surface area contributed by atoms with Gasteiger partial charge in [-0.05, 0) is 33.3 Å². The van der Waals surface area contributed by atoms with Crippen LogP contribution in [-0.4, -0.2) is 17.3 Å². The molecule has 0 amide bonds. The molecule has 0 bridgehead atoms. The van der Waals surface area contributed by atoms with Crippen LogP contribution in [0.5, 0.6) is 0 Å². The van der Waals surface area contributed by atoms with Gasteiger partial charge in [0.05, 0.1) is 5.60 Å². The lowest BCUT2D eigenvalue weighted by Gasteiger charge is -2.26. The summed E-state index contributed by atoms with van der Waals surface area (Å²) >= 11 is 0. The summed E-state index contributed by atoms with van der Waals surface area (Å²) in [4.78, 5) is 10.4. The summed E-state index contributed by atoms with van der Waals surface area (Å²) in [5, 5.41) is 9.48. The third-order valence-electron chi connectivity index (χ3n) is 2.15. The van der Waals surface area contributed by atoms with E-state index >= 15 is 0 Å². The van der Waals surface area contributed by atoms with Crippen LogP contribution in [0, 0.1) is 0 Å². The Bertz CT molecular complexity index is 312. The fourth-order valence-electron chi connectivity index (χ4n) is 1.21. The summed E-state index contributed by atoms with van der Waals surface area (Å²) in [6.45, 7) is 7.33. The Morgan fingerprint density at radius 3 is 2.12 bits per heavy atom. The molecule has 0 fully saturated rings. The molecular weight excluding hydrogens is 204 g/mol. The maximum Gasteiger partial charge on any atom is 0.123 e. The van der Waals surface area contributed by atoms with E-state index in [4.69, 9.17) is 9.78 Å². The Morgan fingerprint density at radius 2 is 1.62 bits per heavy atom. The molecule has 0 aliphatic carbocycles. The van der Waals surface area contributed by atoms with Crippen LogP contribution in [0.4, 0.5) is 0 Å². The van der Waals surface area contributed by atoms with Crippen LogP contribution < -0.4 is 0 Å². The smallest absolute Gasteiger partial charge is 0.123 e. The molecule has 1 aromatic rings. The van der Waals surface area contributed by atoms with Crippen molar-refractivity contribution in [1.82, 2.24) is 0 Å². The molecule has 0 spiro atoms. The Kier molecular flexibility index (Phi) is 4.08. The molecule has 90 valence electrons. The van der Waals surface area contributed by atoms with Gasteiger partial charge in [-0.3, -0.25) is 0 Å². The third-order valence-corrected chi connectivity index (χ3v) is 2.15. The van der Waals surface area contributed by atoms with Crippen LogP contribution >= 0.6 is 0 Å². The Labute approximate surface area is 96.9 Å². The summed E-state index contributed by atoms with van der Waals surface area (Å²) in [6.07, 6.45) is 0. The topological polar surface area (TPSA) is 38.7 Å². The zero-order valence-electron chi connectivity index (χ0n) is 10.4. The average molecular weight is 224 g/mol. The molecule has 1 aromatic carbocycles. The van der Waals surface area contributed by atoms with Gasteiger partial charge in [0.25, 0.3) is 0 Å². The van der Waals surface area contributed by atoms with Gasteiger partial charge in [-0.25, -0.2) is 9.78 Å². The largest absolute Gasteiger partial charge is 0.388 e. The highest BCUT2D eigenvalue weighted by molar-refractivity contribution is 5.20. The summed E-state index contributed by atoms with van der Waals surface area (Å²) in [7, 11) is 0. The number of aliphatic hydroxyl groups is 1. The van der Waals surface area contributed by atoms with Crippen LogP contribution in [0.3, 0.4) is 0 Å². The number of benzene rings is 1. The molecule has 0 aliphatic rings.